The number of hydrogen-bond acceptors (Lipinski definition) is 15. The monoisotopic (exact) mass is 974 g/mol. The van der Waals surface area contributed by atoms with Gasteiger partial charge in [-0.2, -0.15) is 4.98 Å². The minimum atomic E-state index is -4.79. The van der Waals surface area contributed by atoms with Gasteiger partial charge in [-0.3, -0.25) is 19.8 Å². The van der Waals surface area contributed by atoms with Gasteiger partial charge >= 0.3 is 0 Å². The molecule has 1 amide bonds. The highest BCUT2D eigenvalue weighted by Gasteiger charge is 2.51. The number of hydrogen-bond donors (Lipinski definition) is 3. The van der Waals surface area contributed by atoms with E-state index in [9.17, 15) is 14.9 Å². The number of nitrogens with two attached hydrogens (primary N) is 1. The van der Waals surface area contributed by atoms with Crippen molar-refractivity contribution >= 4 is 55.2 Å². The molecular formula is C51H58N8O10S. The van der Waals surface area contributed by atoms with Crippen LogP contribution in [0.15, 0.2) is 76.7 Å². The van der Waals surface area contributed by atoms with Crippen LogP contribution in [0.25, 0.3) is 11.0 Å². The lowest BCUT2D eigenvalue weighted by atomic mass is 9.59. The summed E-state index contributed by atoms with van der Waals surface area (Å²) in [6.07, 6.45) is 6.87. The molecule has 5 atom stereocenters. The van der Waals surface area contributed by atoms with Crippen molar-refractivity contribution in [1.29, 1.82) is 0 Å². The Balaban J connectivity index is 0.943. The van der Waals surface area contributed by atoms with Crippen molar-refractivity contribution in [1.82, 2.24) is 14.9 Å². The fourth-order valence-electron chi connectivity index (χ4n) is 12.5. The molecule has 4 saturated heterocycles. The summed E-state index contributed by atoms with van der Waals surface area (Å²) < 4.78 is 62.2. The van der Waals surface area contributed by atoms with Crippen LogP contribution in [0.4, 0.5) is 28.4 Å². The Labute approximate surface area is 405 Å². The van der Waals surface area contributed by atoms with E-state index in [-0.39, 0.29) is 70.2 Å². The van der Waals surface area contributed by atoms with E-state index < -0.39 is 50.6 Å². The summed E-state index contributed by atoms with van der Waals surface area (Å²) in [6, 6.07) is 18.0. The van der Waals surface area contributed by atoms with Crippen molar-refractivity contribution in [2.75, 3.05) is 74.4 Å². The lowest BCUT2D eigenvalue weighted by molar-refractivity contribution is -0.384. The number of sulfone groups is 1. The number of carbonyl (C=O) groups is 1. The van der Waals surface area contributed by atoms with E-state index in [0.717, 1.165) is 50.1 Å². The Morgan fingerprint density at radius 3 is 2.54 bits per heavy atom. The van der Waals surface area contributed by atoms with Gasteiger partial charge in [-0.1, -0.05) is 38.1 Å². The number of nitrogens with zero attached hydrogens (tertiary/aromatic N) is 5. The molecule has 2 aromatic heterocycles. The predicted octanol–water partition coefficient (Wildman–Crippen LogP) is 7.00. The lowest BCUT2D eigenvalue weighted by Gasteiger charge is -2.56. The van der Waals surface area contributed by atoms with Crippen molar-refractivity contribution in [3.63, 3.8) is 0 Å². The number of rotatable bonds is 10. The van der Waals surface area contributed by atoms with E-state index >= 15 is 8.42 Å². The zero-order valence-corrected chi connectivity index (χ0v) is 40.1. The molecule has 1 saturated carbocycles. The molecule has 0 unspecified atom stereocenters. The standard InChI is InChI=1S/C51H58N8O10S/c1-29(2)33-6-3-4-7-34(33)37-8-5-15-57(37)31-23-51(24-31)12-16-56(17-13-51)38-10-9-35(48(52)60)46(58-40-20-30-11-14-53-49(30)55-50(40)69-44-28-66-26-41(44)58)47(38)70(63,64)32-21-39(59(61)62)45-42(22-32)68-25-36(54-45)43-27-65-18-19-67-43/h3-4,6-7,9-11,14,20-22,29,31,36-37,41,43-44,54H,5,8,12-13,15-19,23-28H2,1-2H3,(H2,52,60)(H,53,55)/t36-,37-,41+,43+,44+/m0/s1. The molecule has 6 aliphatic heterocycles. The molecule has 0 bridgehead atoms. The lowest BCUT2D eigenvalue weighted by Crippen LogP contribution is -2.55. The van der Waals surface area contributed by atoms with Gasteiger partial charge in [0.15, 0.2) is 11.4 Å². The number of benzene rings is 3. The second-order valence-electron chi connectivity index (χ2n) is 20.4. The number of fused-ring (bicyclic) bond motifs is 4. The fraction of sp³-hybridized carbons (Fsp3) is 0.490. The normalized spacial score (nSPS) is 25.4. The number of anilines is 4. The van der Waals surface area contributed by atoms with Crippen LogP contribution < -0.4 is 30.3 Å². The number of amides is 1. The Hall–Kier alpha value is -5.99. The largest absolute Gasteiger partial charge is 0.489 e. The summed E-state index contributed by atoms with van der Waals surface area (Å²) >= 11 is 0. The van der Waals surface area contributed by atoms with Gasteiger partial charge in [-0.05, 0) is 91.8 Å². The van der Waals surface area contributed by atoms with Gasteiger partial charge in [0.1, 0.15) is 35.0 Å². The SMILES string of the molecule is CC(C)c1ccccc1[C@@H]1CCCN1C1CC2(CCN(c3ccc(C(N)=O)c(N4c5cc6cc[nH]c6nc5O[C@@H]5COC[C@H]54)c3S(=O)(=O)c3cc4c(c([N+](=O)[O-])c3)N[C@H]([C@H]3COCCO3)CO4)CC2)C1. The molecule has 12 rings (SSSR count). The average Bonchev–Trinajstić information content (AvgIpc) is 4.15. The number of H-pyrrole nitrogens is 1. The van der Waals surface area contributed by atoms with E-state index in [1.807, 2.05) is 12.1 Å². The number of ether oxygens (including phenoxy) is 5. The molecule has 0 radical (unpaired) electrons. The number of nitro benzene ring substituents is 1. The number of nitrogens with one attached hydrogen (secondary N) is 2. The maximum atomic E-state index is 16.1. The number of carbonyl (C=O) groups excluding carboxylic acids is 1. The summed E-state index contributed by atoms with van der Waals surface area (Å²) in [5.41, 5.74) is 10.1. The highest BCUT2D eigenvalue weighted by molar-refractivity contribution is 7.91. The van der Waals surface area contributed by atoms with Gasteiger partial charge in [-0.15, -0.1) is 0 Å². The van der Waals surface area contributed by atoms with Gasteiger partial charge in [0.25, 0.3) is 11.6 Å². The van der Waals surface area contributed by atoms with Crippen LogP contribution in [-0.4, -0.2) is 124 Å². The molecule has 18 nitrogen and oxygen atoms in total. The molecule has 3 aromatic carbocycles. The number of primary amides is 1. The quantitative estimate of drug-likeness (QED) is 0.0949. The molecule has 5 aromatic rings. The van der Waals surface area contributed by atoms with E-state index in [4.69, 9.17) is 34.4 Å². The molecule has 5 fully saturated rings. The van der Waals surface area contributed by atoms with Crippen molar-refractivity contribution in [2.45, 2.75) is 104 Å². The van der Waals surface area contributed by atoms with Crippen LogP contribution in [-0.2, 0) is 24.0 Å². The molecule has 7 aliphatic rings. The van der Waals surface area contributed by atoms with Crippen molar-refractivity contribution < 1.29 is 41.8 Å². The molecule has 4 N–H and O–H groups in total. The number of piperidine rings is 1. The average molecular weight is 975 g/mol. The third-order valence-corrected chi connectivity index (χ3v) is 17.9. The first-order chi connectivity index (χ1) is 33.9. The third kappa shape index (κ3) is 7.54. The first-order valence-electron chi connectivity index (χ1n) is 24.6. The van der Waals surface area contributed by atoms with Gasteiger partial charge < -0.3 is 49.5 Å². The van der Waals surface area contributed by atoms with Crippen LogP contribution in [0, 0.1) is 15.5 Å². The highest BCUT2D eigenvalue weighted by atomic mass is 32.2. The predicted molar refractivity (Wildman–Crippen MR) is 260 cm³/mol. The fourth-order valence-corrected chi connectivity index (χ4v) is 14.2. The van der Waals surface area contributed by atoms with Gasteiger partial charge in [0.05, 0.1) is 71.9 Å². The first kappa shape index (κ1) is 45.2. The molecular weight excluding hydrogens is 917 g/mol. The van der Waals surface area contributed by atoms with Crippen LogP contribution in [0.1, 0.15) is 85.8 Å². The van der Waals surface area contributed by atoms with Crippen LogP contribution in [0.5, 0.6) is 11.6 Å². The summed E-state index contributed by atoms with van der Waals surface area (Å²) in [4.78, 5) is 40.2. The molecule has 368 valence electrons. The maximum Gasteiger partial charge on any atom is 0.297 e. The van der Waals surface area contributed by atoms with E-state index in [2.05, 4.69) is 58.2 Å². The minimum Gasteiger partial charge on any atom is -0.489 e. The molecule has 19 heteroatoms. The number of aromatic nitrogens is 2. The van der Waals surface area contributed by atoms with E-state index in [1.165, 1.54) is 23.6 Å². The number of aromatic amines is 1. The van der Waals surface area contributed by atoms with Gasteiger partial charge in [0, 0.05) is 48.9 Å². The molecule has 1 aliphatic carbocycles. The Kier molecular flexibility index (Phi) is 11.2. The second-order valence-corrected chi connectivity index (χ2v) is 22.3. The maximum absolute atomic E-state index is 16.1. The van der Waals surface area contributed by atoms with Gasteiger partial charge in [-0.25, -0.2) is 8.42 Å². The summed E-state index contributed by atoms with van der Waals surface area (Å²) in [5.74, 6) is -0.181. The molecule has 70 heavy (non-hydrogen) atoms. The Morgan fingerprint density at radius 2 is 1.77 bits per heavy atom. The van der Waals surface area contributed by atoms with Gasteiger partial charge in [0.2, 0.25) is 15.7 Å². The van der Waals surface area contributed by atoms with Crippen LogP contribution in [0.2, 0.25) is 0 Å². The van der Waals surface area contributed by atoms with Crippen LogP contribution in [0.3, 0.4) is 0 Å². The Morgan fingerprint density at radius 1 is 0.957 bits per heavy atom. The second kappa shape index (κ2) is 17.4. The van der Waals surface area contributed by atoms with Crippen molar-refractivity contribution in [3.05, 3.63) is 93.7 Å². The van der Waals surface area contributed by atoms with E-state index in [0.29, 0.717) is 61.3 Å². The topological polar surface area (TPSA) is 217 Å². The zero-order valence-electron chi connectivity index (χ0n) is 39.3. The summed E-state index contributed by atoms with van der Waals surface area (Å²) in [5, 5.41) is 16.9. The zero-order chi connectivity index (χ0) is 48.1. The first-order valence-corrected chi connectivity index (χ1v) is 26.1. The summed E-state index contributed by atoms with van der Waals surface area (Å²) in [6.45, 7) is 8.17. The molecule has 1 spiro atoms. The van der Waals surface area contributed by atoms with Crippen molar-refractivity contribution in [2.24, 2.45) is 11.1 Å². The highest BCUT2D eigenvalue weighted by Crippen LogP contribution is 2.56. The number of pyridine rings is 1. The number of nitro groups is 1. The molecule has 8 heterocycles. The smallest absolute Gasteiger partial charge is 0.297 e. The minimum absolute atomic E-state index is 0.00215. The Bertz CT molecular complexity index is 3000. The van der Waals surface area contributed by atoms with Crippen molar-refractivity contribution in [3.8, 4) is 11.6 Å². The van der Waals surface area contributed by atoms with Crippen LogP contribution >= 0.6 is 0 Å². The summed E-state index contributed by atoms with van der Waals surface area (Å²) in [7, 11) is -4.79. The third-order valence-electron chi connectivity index (χ3n) is 16.1. The number of likely N-dealkylation sites (tertiary alicyclic amines) is 1. The van der Waals surface area contributed by atoms with E-state index in [1.54, 1.807) is 23.2 Å².